The largest absolute Gasteiger partial charge is 0.466 e. The van der Waals surface area contributed by atoms with Gasteiger partial charge in [0.05, 0.1) is 19.6 Å². The highest BCUT2D eigenvalue weighted by atomic mass is 16.6. The Balaban J connectivity index is 4.19. The molecule has 0 radical (unpaired) electrons. The van der Waals surface area contributed by atoms with Crippen LogP contribution in [-0.2, 0) is 28.6 Å². The molecule has 0 aliphatic rings. The van der Waals surface area contributed by atoms with Crippen LogP contribution in [0.2, 0.25) is 0 Å². The second-order valence-electron chi connectivity index (χ2n) is 2.48. The summed E-state index contributed by atoms with van der Waals surface area (Å²) < 4.78 is 13.6. The Morgan fingerprint density at radius 2 is 1.80 bits per heavy atom. The highest BCUT2D eigenvalue weighted by Crippen LogP contribution is 2.02. The molecule has 0 rings (SSSR count). The third-order valence-electron chi connectivity index (χ3n) is 1.43. The van der Waals surface area contributed by atoms with Gasteiger partial charge in [0.1, 0.15) is 0 Å². The topological polar surface area (TPSA) is 78.9 Å². The van der Waals surface area contributed by atoms with E-state index in [0.717, 1.165) is 0 Å². The fourth-order valence-corrected chi connectivity index (χ4v) is 0.861. The molecule has 0 bridgehead atoms. The molecule has 0 unspecified atom stereocenters. The monoisotopic (exact) mass is 218 g/mol. The van der Waals surface area contributed by atoms with E-state index in [9.17, 15) is 14.4 Å². The van der Waals surface area contributed by atoms with Crippen LogP contribution in [0, 0.1) is 0 Å². The normalized spacial score (nSPS) is 11.3. The third-order valence-corrected chi connectivity index (χ3v) is 1.43. The van der Waals surface area contributed by atoms with Crippen molar-refractivity contribution in [2.24, 2.45) is 0 Å². The van der Waals surface area contributed by atoms with Gasteiger partial charge in [0.2, 0.25) is 6.10 Å². The first kappa shape index (κ1) is 13.4. The van der Waals surface area contributed by atoms with E-state index < -0.39 is 18.0 Å². The molecule has 0 saturated heterocycles. The molecule has 1 atom stereocenters. The van der Waals surface area contributed by atoms with Crippen molar-refractivity contribution in [1.29, 1.82) is 0 Å². The van der Waals surface area contributed by atoms with Crippen molar-refractivity contribution in [3.05, 3.63) is 0 Å². The van der Waals surface area contributed by atoms with Crippen LogP contribution in [0.3, 0.4) is 0 Å². The van der Waals surface area contributed by atoms with Crippen LogP contribution in [0.25, 0.3) is 0 Å². The van der Waals surface area contributed by atoms with Gasteiger partial charge in [-0.2, -0.15) is 0 Å². The smallest absolute Gasteiger partial charge is 0.348 e. The maximum atomic E-state index is 11.2. The van der Waals surface area contributed by atoms with Crippen LogP contribution in [0.5, 0.6) is 0 Å². The maximum Gasteiger partial charge on any atom is 0.348 e. The number of esters is 2. The standard InChI is InChI=1S/C9H14O6/c1-3-13-8(11)5-7(15-6-10)9(12)14-4-2/h6-7H,3-5H2,1-2H3/t7-/m0/s1. The highest BCUT2D eigenvalue weighted by Gasteiger charge is 2.25. The maximum absolute atomic E-state index is 11.2. The molecule has 0 spiro atoms. The molecule has 0 aliphatic heterocycles. The minimum absolute atomic E-state index is 0.0980. The number of carbonyl (C=O) groups excluding carboxylic acids is 3. The second-order valence-corrected chi connectivity index (χ2v) is 2.48. The molecule has 6 nitrogen and oxygen atoms in total. The summed E-state index contributed by atoms with van der Waals surface area (Å²) in [7, 11) is 0. The Bertz CT molecular complexity index is 225. The van der Waals surface area contributed by atoms with Crippen LogP contribution in [-0.4, -0.2) is 37.7 Å². The number of hydrogen-bond donors (Lipinski definition) is 0. The zero-order valence-corrected chi connectivity index (χ0v) is 8.73. The predicted octanol–water partition coefficient (Wildman–Crippen LogP) is 0.0443. The Hall–Kier alpha value is -1.59. The van der Waals surface area contributed by atoms with Gasteiger partial charge in [0.25, 0.3) is 6.47 Å². The molecule has 0 fully saturated rings. The van der Waals surface area contributed by atoms with E-state index in [0.29, 0.717) is 0 Å². The summed E-state index contributed by atoms with van der Waals surface area (Å²) in [5.41, 5.74) is 0. The van der Waals surface area contributed by atoms with E-state index in [1.54, 1.807) is 13.8 Å². The average molecular weight is 218 g/mol. The summed E-state index contributed by atoms with van der Waals surface area (Å²) in [6.07, 6.45) is -1.55. The lowest BCUT2D eigenvalue weighted by atomic mass is 10.2. The minimum atomic E-state index is -1.22. The van der Waals surface area contributed by atoms with Gasteiger partial charge in [-0.3, -0.25) is 9.59 Å². The van der Waals surface area contributed by atoms with Gasteiger partial charge in [-0.25, -0.2) is 4.79 Å². The van der Waals surface area contributed by atoms with Gasteiger partial charge in [-0.05, 0) is 13.8 Å². The fourth-order valence-electron chi connectivity index (χ4n) is 0.861. The van der Waals surface area contributed by atoms with Gasteiger partial charge >= 0.3 is 11.9 Å². The summed E-state index contributed by atoms with van der Waals surface area (Å²) in [6.45, 7) is 3.70. The number of rotatable bonds is 7. The molecule has 15 heavy (non-hydrogen) atoms. The Kier molecular flexibility index (Phi) is 6.96. The van der Waals surface area contributed by atoms with Crippen LogP contribution in [0.15, 0.2) is 0 Å². The van der Waals surface area contributed by atoms with Crippen molar-refractivity contribution < 1.29 is 28.6 Å². The van der Waals surface area contributed by atoms with E-state index in [-0.39, 0.29) is 26.1 Å². The van der Waals surface area contributed by atoms with Gasteiger partial charge in [-0.15, -0.1) is 0 Å². The van der Waals surface area contributed by atoms with Crippen LogP contribution >= 0.6 is 0 Å². The van der Waals surface area contributed by atoms with Crippen molar-refractivity contribution in [1.82, 2.24) is 0 Å². The zero-order chi connectivity index (χ0) is 11.7. The molecule has 0 aliphatic carbocycles. The van der Waals surface area contributed by atoms with Crippen molar-refractivity contribution in [3.8, 4) is 0 Å². The molecule has 6 heteroatoms. The van der Waals surface area contributed by atoms with Crippen molar-refractivity contribution in [2.45, 2.75) is 26.4 Å². The first-order chi connectivity index (χ1) is 7.15. The fraction of sp³-hybridized carbons (Fsp3) is 0.667. The summed E-state index contributed by atoms with van der Waals surface area (Å²) in [6, 6.07) is 0. The molecule has 86 valence electrons. The summed E-state index contributed by atoms with van der Waals surface area (Å²) in [5, 5.41) is 0. The highest BCUT2D eigenvalue weighted by molar-refractivity contribution is 5.82. The van der Waals surface area contributed by atoms with E-state index in [2.05, 4.69) is 14.2 Å². The minimum Gasteiger partial charge on any atom is -0.466 e. The molecule has 0 aromatic carbocycles. The second kappa shape index (κ2) is 7.78. The Morgan fingerprint density at radius 1 is 1.20 bits per heavy atom. The molecule has 0 aromatic rings. The Morgan fingerprint density at radius 3 is 2.27 bits per heavy atom. The van der Waals surface area contributed by atoms with Gasteiger partial charge < -0.3 is 14.2 Å². The molecule has 0 amide bonds. The van der Waals surface area contributed by atoms with E-state index in [4.69, 9.17) is 0 Å². The number of carbonyl (C=O) groups is 3. The molecule has 0 saturated carbocycles. The van der Waals surface area contributed by atoms with Crippen LogP contribution < -0.4 is 0 Å². The van der Waals surface area contributed by atoms with Crippen molar-refractivity contribution >= 4 is 18.4 Å². The van der Waals surface area contributed by atoms with Crippen LogP contribution in [0.4, 0.5) is 0 Å². The quantitative estimate of drug-likeness (QED) is 0.341. The first-order valence-electron chi connectivity index (χ1n) is 4.57. The average Bonchev–Trinajstić information content (AvgIpc) is 2.18. The summed E-state index contributed by atoms with van der Waals surface area (Å²) in [5.74, 6) is -1.37. The van der Waals surface area contributed by atoms with Crippen molar-refractivity contribution in [2.75, 3.05) is 13.2 Å². The van der Waals surface area contributed by atoms with E-state index in [1.165, 1.54) is 0 Å². The predicted molar refractivity (Wildman–Crippen MR) is 48.8 cm³/mol. The van der Waals surface area contributed by atoms with E-state index in [1.807, 2.05) is 0 Å². The number of ether oxygens (including phenoxy) is 3. The lowest BCUT2D eigenvalue weighted by molar-refractivity contribution is -0.166. The lowest BCUT2D eigenvalue weighted by Crippen LogP contribution is -2.29. The number of hydrogen-bond acceptors (Lipinski definition) is 6. The summed E-state index contributed by atoms with van der Waals surface area (Å²) >= 11 is 0. The van der Waals surface area contributed by atoms with Crippen LogP contribution in [0.1, 0.15) is 20.3 Å². The third kappa shape index (κ3) is 5.66. The lowest BCUT2D eigenvalue weighted by Gasteiger charge is -2.12. The summed E-state index contributed by atoms with van der Waals surface area (Å²) in [4.78, 5) is 32.3. The molecule has 0 heterocycles. The van der Waals surface area contributed by atoms with Gasteiger partial charge in [-0.1, -0.05) is 0 Å². The molecule has 0 N–H and O–H groups in total. The molecular formula is C9H14O6. The zero-order valence-electron chi connectivity index (χ0n) is 8.73. The molecular weight excluding hydrogens is 204 g/mol. The van der Waals surface area contributed by atoms with Gasteiger partial charge in [0, 0.05) is 0 Å². The first-order valence-corrected chi connectivity index (χ1v) is 4.57. The van der Waals surface area contributed by atoms with Crippen molar-refractivity contribution in [3.63, 3.8) is 0 Å². The Labute approximate surface area is 87.5 Å². The van der Waals surface area contributed by atoms with Gasteiger partial charge in [0.15, 0.2) is 0 Å². The van der Waals surface area contributed by atoms with E-state index >= 15 is 0 Å². The molecule has 0 aromatic heterocycles. The SMILES string of the molecule is CCOC(=O)C[C@H](OC=O)C(=O)OCC.